The third-order valence-electron chi connectivity index (χ3n) is 5.60. The van der Waals surface area contributed by atoms with Crippen LogP contribution in [0, 0.1) is 5.92 Å². The molecule has 1 aromatic heterocycles. The normalized spacial score (nSPS) is 17.8. The molecule has 1 saturated carbocycles. The van der Waals surface area contributed by atoms with Gasteiger partial charge in [-0.1, -0.05) is 0 Å². The number of hydrogen-bond donors (Lipinski definition) is 0. The van der Waals surface area contributed by atoms with E-state index in [1.165, 1.54) is 26.3 Å². The summed E-state index contributed by atoms with van der Waals surface area (Å²) in [6, 6.07) is 10.5. The highest BCUT2D eigenvalue weighted by Crippen LogP contribution is 2.30. The molecule has 1 aliphatic heterocycles. The zero-order valence-corrected chi connectivity index (χ0v) is 16.9. The van der Waals surface area contributed by atoms with Crippen LogP contribution in [0.25, 0.3) is 0 Å². The third-order valence-corrected chi connectivity index (χ3v) is 5.60. The molecule has 0 radical (unpaired) electrons. The number of Topliss-reactive ketones (excluding diaryl/α,β-unsaturated/α-hetero) is 1. The van der Waals surface area contributed by atoms with Gasteiger partial charge in [0.25, 0.3) is 5.91 Å². The van der Waals surface area contributed by atoms with Crippen molar-refractivity contribution in [2.75, 3.05) is 32.7 Å². The molecule has 2 aromatic rings. The average Bonchev–Trinajstić information content (AvgIpc) is 3.47. The summed E-state index contributed by atoms with van der Waals surface area (Å²) in [6.45, 7) is 6.48. The average molecular weight is 396 g/mol. The molecule has 2 heterocycles. The quantitative estimate of drug-likeness (QED) is 0.669. The van der Waals surface area contributed by atoms with Crippen LogP contribution in [0.5, 0.6) is 5.75 Å². The minimum absolute atomic E-state index is 0.0231. The summed E-state index contributed by atoms with van der Waals surface area (Å²) in [7, 11) is 0. The Hall–Kier alpha value is -2.60. The lowest BCUT2D eigenvalue weighted by Gasteiger charge is -2.21. The molecule has 1 aliphatic carbocycles. The summed E-state index contributed by atoms with van der Waals surface area (Å²) in [4.78, 5) is 28.5. The van der Waals surface area contributed by atoms with Crippen LogP contribution in [-0.2, 0) is 6.61 Å². The first-order valence-corrected chi connectivity index (χ1v) is 10.4. The maximum atomic E-state index is 12.8. The molecule has 154 valence electrons. The second kappa shape index (κ2) is 8.82. The molecule has 6 heteroatoms. The number of nitrogens with zero attached hydrogens (tertiary/aromatic N) is 2. The Bertz CT molecular complexity index is 854. The summed E-state index contributed by atoms with van der Waals surface area (Å²) < 4.78 is 11.4. The fraction of sp³-hybridized carbons (Fsp3) is 0.478. The van der Waals surface area contributed by atoms with Gasteiger partial charge in [0.15, 0.2) is 11.5 Å². The van der Waals surface area contributed by atoms with Gasteiger partial charge in [0, 0.05) is 31.7 Å². The van der Waals surface area contributed by atoms with Gasteiger partial charge < -0.3 is 19.0 Å². The van der Waals surface area contributed by atoms with Crippen molar-refractivity contribution >= 4 is 11.7 Å². The highest BCUT2D eigenvalue weighted by molar-refractivity contribution is 5.94. The zero-order chi connectivity index (χ0) is 20.2. The molecule has 4 rings (SSSR count). The minimum Gasteiger partial charge on any atom is -0.486 e. The molecular formula is C23H28N2O4. The van der Waals surface area contributed by atoms with Crippen molar-refractivity contribution in [2.45, 2.75) is 32.8 Å². The van der Waals surface area contributed by atoms with Crippen LogP contribution in [0.3, 0.4) is 0 Å². The maximum absolute atomic E-state index is 12.8. The van der Waals surface area contributed by atoms with Crippen molar-refractivity contribution < 1.29 is 18.7 Å². The molecule has 0 unspecified atom stereocenters. The van der Waals surface area contributed by atoms with Gasteiger partial charge in [-0.25, -0.2) is 0 Å². The van der Waals surface area contributed by atoms with Gasteiger partial charge in [0.05, 0.1) is 0 Å². The van der Waals surface area contributed by atoms with E-state index in [0.717, 1.165) is 38.5 Å². The van der Waals surface area contributed by atoms with E-state index in [1.807, 2.05) is 4.90 Å². The number of amides is 1. The Morgan fingerprint density at radius 2 is 1.83 bits per heavy atom. The van der Waals surface area contributed by atoms with Crippen molar-refractivity contribution in [1.29, 1.82) is 0 Å². The molecular weight excluding hydrogens is 368 g/mol. The predicted octanol–water partition coefficient (Wildman–Crippen LogP) is 3.62. The van der Waals surface area contributed by atoms with E-state index in [-0.39, 0.29) is 18.3 Å². The van der Waals surface area contributed by atoms with Crippen molar-refractivity contribution in [3.8, 4) is 5.75 Å². The second-order valence-corrected chi connectivity index (χ2v) is 8.02. The summed E-state index contributed by atoms with van der Waals surface area (Å²) in [5, 5.41) is 0. The van der Waals surface area contributed by atoms with E-state index in [0.29, 0.717) is 22.8 Å². The first-order valence-electron chi connectivity index (χ1n) is 10.4. The zero-order valence-electron chi connectivity index (χ0n) is 16.9. The number of furan rings is 1. The smallest absolute Gasteiger partial charge is 0.289 e. The van der Waals surface area contributed by atoms with Gasteiger partial charge in [-0.15, -0.1) is 0 Å². The highest BCUT2D eigenvalue weighted by Gasteiger charge is 2.27. The monoisotopic (exact) mass is 396 g/mol. The second-order valence-electron chi connectivity index (χ2n) is 8.02. The Kier molecular flexibility index (Phi) is 6.00. The third kappa shape index (κ3) is 5.26. The largest absolute Gasteiger partial charge is 0.486 e. The van der Waals surface area contributed by atoms with Gasteiger partial charge in [-0.05, 0) is 75.0 Å². The number of benzene rings is 1. The van der Waals surface area contributed by atoms with Crippen LogP contribution in [0.15, 0.2) is 40.8 Å². The Balaban J connectivity index is 1.29. The molecule has 2 aliphatic rings. The van der Waals surface area contributed by atoms with E-state index < -0.39 is 0 Å². The minimum atomic E-state index is -0.0460. The molecule has 29 heavy (non-hydrogen) atoms. The van der Waals surface area contributed by atoms with E-state index >= 15 is 0 Å². The molecule has 0 spiro atoms. The summed E-state index contributed by atoms with van der Waals surface area (Å²) in [6.07, 6.45) is 3.72. The van der Waals surface area contributed by atoms with E-state index in [1.54, 1.807) is 36.4 Å². The fourth-order valence-electron chi connectivity index (χ4n) is 3.69. The van der Waals surface area contributed by atoms with Crippen molar-refractivity contribution in [1.82, 2.24) is 9.80 Å². The van der Waals surface area contributed by atoms with Crippen molar-refractivity contribution in [2.24, 2.45) is 5.92 Å². The van der Waals surface area contributed by atoms with Crippen LogP contribution in [0.1, 0.15) is 52.9 Å². The molecule has 1 aromatic carbocycles. The Morgan fingerprint density at radius 1 is 1.03 bits per heavy atom. The summed E-state index contributed by atoms with van der Waals surface area (Å²) >= 11 is 0. The van der Waals surface area contributed by atoms with Gasteiger partial charge in [-0.3, -0.25) is 9.59 Å². The summed E-state index contributed by atoms with van der Waals surface area (Å²) in [5.74, 6) is 2.48. The molecule has 0 N–H and O–H groups in total. The molecule has 0 bridgehead atoms. The lowest BCUT2D eigenvalue weighted by molar-refractivity contribution is 0.0725. The van der Waals surface area contributed by atoms with E-state index in [2.05, 4.69) is 4.90 Å². The van der Waals surface area contributed by atoms with Crippen LogP contribution in [0.4, 0.5) is 0 Å². The van der Waals surface area contributed by atoms with Gasteiger partial charge in [0.1, 0.15) is 18.1 Å². The maximum Gasteiger partial charge on any atom is 0.289 e. The molecule has 6 nitrogen and oxygen atoms in total. The van der Waals surface area contributed by atoms with Gasteiger partial charge in [-0.2, -0.15) is 0 Å². The SMILES string of the molecule is CC(=O)c1ccc(OCc2ccc(C(=O)N3CCCN(CC4CC4)CC3)o2)cc1. The predicted molar refractivity (Wildman–Crippen MR) is 109 cm³/mol. The highest BCUT2D eigenvalue weighted by atomic mass is 16.5. The lowest BCUT2D eigenvalue weighted by atomic mass is 10.1. The number of hydrogen-bond acceptors (Lipinski definition) is 5. The number of carbonyl (C=O) groups is 2. The first kappa shape index (κ1) is 19.7. The molecule has 2 fully saturated rings. The fourth-order valence-corrected chi connectivity index (χ4v) is 3.69. The number of carbonyl (C=O) groups excluding carboxylic acids is 2. The van der Waals surface area contributed by atoms with Gasteiger partial charge in [0.2, 0.25) is 0 Å². The molecule has 0 atom stereocenters. The molecule has 1 amide bonds. The summed E-state index contributed by atoms with van der Waals surface area (Å²) in [5.41, 5.74) is 0.649. The Labute approximate surface area is 171 Å². The Morgan fingerprint density at radius 3 is 2.55 bits per heavy atom. The van der Waals surface area contributed by atoms with Crippen LogP contribution in [-0.4, -0.2) is 54.2 Å². The van der Waals surface area contributed by atoms with Crippen molar-refractivity contribution in [3.63, 3.8) is 0 Å². The number of ether oxygens (including phenoxy) is 1. The number of rotatable bonds is 7. The topological polar surface area (TPSA) is 63.0 Å². The van der Waals surface area contributed by atoms with Crippen LogP contribution < -0.4 is 4.74 Å². The first-order chi connectivity index (χ1) is 14.1. The lowest BCUT2D eigenvalue weighted by Crippen LogP contribution is -2.35. The van der Waals surface area contributed by atoms with Crippen LogP contribution >= 0.6 is 0 Å². The van der Waals surface area contributed by atoms with E-state index in [4.69, 9.17) is 9.15 Å². The van der Waals surface area contributed by atoms with Crippen molar-refractivity contribution in [3.05, 3.63) is 53.5 Å². The molecule has 1 saturated heterocycles. The van der Waals surface area contributed by atoms with Crippen LogP contribution in [0.2, 0.25) is 0 Å². The number of ketones is 1. The standard InChI is InChI=1S/C23H28N2O4/c1-17(26)19-5-7-20(8-6-19)28-16-21-9-10-22(29-21)23(27)25-12-2-11-24(13-14-25)15-18-3-4-18/h5-10,18H,2-4,11-16H2,1H3. The van der Waals surface area contributed by atoms with Gasteiger partial charge >= 0.3 is 0 Å². The van der Waals surface area contributed by atoms with E-state index in [9.17, 15) is 9.59 Å².